The Morgan fingerprint density at radius 2 is 1.79 bits per heavy atom. The minimum Gasteiger partial charge on any atom is -0.378 e. The number of hydrogen-bond acceptors (Lipinski definition) is 6. The van der Waals surface area contributed by atoms with E-state index in [1.165, 1.54) is 5.56 Å². The van der Waals surface area contributed by atoms with E-state index in [9.17, 15) is 4.79 Å². The molecule has 0 aliphatic carbocycles. The first-order chi connectivity index (χ1) is 19.1. The topological polar surface area (TPSA) is 84.1 Å². The number of fused-ring (bicyclic) bond motifs is 1. The minimum absolute atomic E-state index is 0.0267. The Labute approximate surface area is 227 Å². The molecule has 194 valence electrons. The van der Waals surface area contributed by atoms with Crippen molar-refractivity contribution in [3.8, 4) is 23.1 Å². The highest BCUT2D eigenvalue weighted by Gasteiger charge is 2.18. The van der Waals surface area contributed by atoms with Gasteiger partial charge in [-0.25, -0.2) is 9.50 Å². The third-order valence-corrected chi connectivity index (χ3v) is 6.78. The molecule has 8 nitrogen and oxygen atoms in total. The van der Waals surface area contributed by atoms with E-state index < -0.39 is 0 Å². The van der Waals surface area contributed by atoms with Crippen molar-refractivity contribution in [3.05, 3.63) is 95.3 Å². The first kappa shape index (κ1) is 24.6. The maximum absolute atomic E-state index is 12.8. The fourth-order valence-corrected chi connectivity index (χ4v) is 4.58. The molecule has 6 rings (SSSR count). The summed E-state index contributed by atoms with van der Waals surface area (Å²) in [6, 6.07) is 19.7. The number of nitrogens with zero attached hydrogens (tertiary/aromatic N) is 5. The summed E-state index contributed by atoms with van der Waals surface area (Å²) in [5, 5.41) is 8.24. The lowest BCUT2D eigenvalue weighted by Crippen LogP contribution is -2.40. The number of carbonyl (C=O) groups excluding carboxylic acids is 1. The summed E-state index contributed by atoms with van der Waals surface area (Å²) in [7, 11) is 0. The molecule has 0 saturated carbocycles. The van der Waals surface area contributed by atoms with Crippen molar-refractivity contribution in [1.82, 2.24) is 19.5 Å². The number of anilines is 1. The van der Waals surface area contributed by atoms with Crippen molar-refractivity contribution >= 4 is 23.5 Å². The highest BCUT2D eigenvalue weighted by atomic mass is 16.5. The summed E-state index contributed by atoms with van der Waals surface area (Å²) >= 11 is 0. The molecule has 0 radical (unpaired) electrons. The molecule has 1 atom stereocenters. The fraction of sp³-hybridized carbons (Fsp3) is 0.226. The Kier molecular flexibility index (Phi) is 6.89. The van der Waals surface area contributed by atoms with E-state index in [2.05, 4.69) is 58.3 Å². The summed E-state index contributed by atoms with van der Waals surface area (Å²) in [6.07, 6.45) is 6.12. The molecule has 4 aromatic rings. The second kappa shape index (κ2) is 10.9. The van der Waals surface area contributed by atoms with E-state index in [1.807, 2.05) is 47.4 Å². The molecule has 2 aromatic heterocycles. The predicted octanol–water partition coefficient (Wildman–Crippen LogP) is 4.37. The van der Waals surface area contributed by atoms with Crippen molar-refractivity contribution in [2.75, 3.05) is 31.6 Å². The van der Waals surface area contributed by atoms with E-state index >= 15 is 0 Å². The highest BCUT2D eigenvalue weighted by Crippen LogP contribution is 2.20. The molecule has 1 unspecified atom stereocenters. The van der Waals surface area contributed by atoms with Crippen LogP contribution >= 0.6 is 0 Å². The van der Waals surface area contributed by atoms with Gasteiger partial charge in [-0.2, -0.15) is 5.10 Å². The normalized spacial score (nSPS) is 16.9. The molecule has 2 aliphatic rings. The molecule has 2 aromatic carbocycles. The zero-order chi connectivity index (χ0) is 26.6. The van der Waals surface area contributed by atoms with Gasteiger partial charge in [0.05, 0.1) is 25.1 Å². The van der Waals surface area contributed by atoms with Crippen LogP contribution in [-0.4, -0.2) is 64.1 Å². The molecule has 4 heterocycles. The zero-order valence-corrected chi connectivity index (χ0v) is 21.7. The average molecular weight is 517 g/mol. The number of aryl methyl sites for hydroxylation is 1. The van der Waals surface area contributed by atoms with E-state index in [4.69, 9.17) is 9.84 Å². The van der Waals surface area contributed by atoms with Crippen molar-refractivity contribution in [1.29, 1.82) is 0 Å². The largest absolute Gasteiger partial charge is 0.378 e. The van der Waals surface area contributed by atoms with Gasteiger partial charge in [-0.3, -0.25) is 9.79 Å². The van der Waals surface area contributed by atoms with Crippen LogP contribution in [0.3, 0.4) is 0 Å². The first-order valence-electron chi connectivity index (χ1n) is 13.0. The van der Waals surface area contributed by atoms with Gasteiger partial charge in [0.25, 0.3) is 5.91 Å². The molecular formula is C31H28N6O2. The van der Waals surface area contributed by atoms with Crippen molar-refractivity contribution < 1.29 is 9.53 Å². The van der Waals surface area contributed by atoms with Gasteiger partial charge in [-0.15, -0.1) is 0 Å². The van der Waals surface area contributed by atoms with E-state index in [0.29, 0.717) is 44.0 Å². The molecule has 1 N–H and O–H groups in total. The van der Waals surface area contributed by atoms with Gasteiger partial charge in [0.15, 0.2) is 5.65 Å². The van der Waals surface area contributed by atoms with Crippen LogP contribution in [0.4, 0.5) is 5.69 Å². The number of rotatable bonds is 4. The second-order valence-corrected chi connectivity index (χ2v) is 9.58. The molecule has 8 heteroatoms. The summed E-state index contributed by atoms with van der Waals surface area (Å²) in [5.74, 6) is 6.54. The standard InChI is InChI=1S/C31H28N6O2/c1-22-2-9-26(10-3-22)34-29-20-23(14-15-32-29)4-11-27-21-33-30-13-12-28(35-37(27)30)24-5-7-25(8-6-24)31(38)36-16-18-39-19-17-36/h2-3,5-10,12-15,21,29,34H,16-20H2,1H3. The number of imidazole rings is 1. The fourth-order valence-electron chi connectivity index (χ4n) is 4.58. The van der Waals surface area contributed by atoms with Crippen LogP contribution in [0.15, 0.2) is 83.5 Å². The maximum Gasteiger partial charge on any atom is 0.254 e. The summed E-state index contributed by atoms with van der Waals surface area (Å²) in [4.78, 5) is 23.6. The minimum atomic E-state index is -0.0629. The number of ether oxygens (including phenoxy) is 1. The lowest BCUT2D eigenvalue weighted by atomic mass is 10.1. The Morgan fingerprint density at radius 3 is 2.59 bits per heavy atom. The number of amides is 1. The van der Waals surface area contributed by atoms with E-state index in [-0.39, 0.29) is 12.1 Å². The highest BCUT2D eigenvalue weighted by molar-refractivity contribution is 5.94. The summed E-state index contributed by atoms with van der Waals surface area (Å²) < 4.78 is 7.11. The maximum atomic E-state index is 12.8. The molecule has 0 spiro atoms. The quantitative estimate of drug-likeness (QED) is 0.408. The van der Waals surface area contributed by atoms with Crippen LogP contribution in [0.5, 0.6) is 0 Å². The molecule has 39 heavy (non-hydrogen) atoms. The second-order valence-electron chi connectivity index (χ2n) is 9.58. The smallest absolute Gasteiger partial charge is 0.254 e. The summed E-state index contributed by atoms with van der Waals surface area (Å²) in [6.45, 7) is 4.48. The van der Waals surface area contributed by atoms with Gasteiger partial charge in [0, 0.05) is 48.1 Å². The zero-order valence-electron chi connectivity index (χ0n) is 21.7. The van der Waals surface area contributed by atoms with Crippen LogP contribution in [0.25, 0.3) is 16.9 Å². The van der Waals surface area contributed by atoms with E-state index in [0.717, 1.165) is 28.2 Å². The van der Waals surface area contributed by atoms with Crippen LogP contribution < -0.4 is 5.32 Å². The van der Waals surface area contributed by atoms with Crippen molar-refractivity contribution in [2.45, 2.75) is 19.5 Å². The number of aromatic nitrogens is 3. The lowest BCUT2D eigenvalue weighted by Gasteiger charge is -2.26. The third-order valence-electron chi connectivity index (χ3n) is 6.78. The number of nitrogens with one attached hydrogen (secondary N) is 1. The number of benzene rings is 2. The summed E-state index contributed by atoms with van der Waals surface area (Å²) in [5.41, 5.74) is 7.03. The van der Waals surface area contributed by atoms with Gasteiger partial charge in [0.2, 0.25) is 0 Å². The number of allylic oxidation sites excluding steroid dienone is 1. The van der Waals surface area contributed by atoms with Crippen LogP contribution in [-0.2, 0) is 4.74 Å². The van der Waals surface area contributed by atoms with Crippen LogP contribution in [0, 0.1) is 18.8 Å². The van der Waals surface area contributed by atoms with Gasteiger partial charge in [-0.05, 0) is 55.3 Å². The Morgan fingerprint density at radius 1 is 1.00 bits per heavy atom. The van der Waals surface area contributed by atoms with Gasteiger partial charge >= 0.3 is 0 Å². The number of aliphatic imine (C=N–C) groups is 1. The molecule has 0 bridgehead atoms. The molecule has 2 aliphatic heterocycles. The Hall–Kier alpha value is -4.74. The van der Waals surface area contributed by atoms with Gasteiger partial charge < -0.3 is 15.0 Å². The molecule has 1 saturated heterocycles. The lowest BCUT2D eigenvalue weighted by molar-refractivity contribution is 0.0303. The molecule has 1 amide bonds. The van der Waals surface area contributed by atoms with E-state index in [1.54, 1.807) is 16.9 Å². The Bertz CT molecular complexity index is 1620. The van der Waals surface area contributed by atoms with Crippen LogP contribution in [0.2, 0.25) is 0 Å². The monoisotopic (exact) mass is 516 g/mol. The first-order valence-corrected chi connectivity index (χ1v) is 13.0. The number of hydrogen-bond donors (Lipinski definition) is 1. The van der Waals surface area contributed by atoms with Crippen molar-refractivity contribution in [3.63, 3.8) is 0 Å². The van der Waals surface area contributed by atoms with Crippen LogP contribution in [0.1, 0.15) is 28.0 Å². The molecule has 1 fully saturated rings. The molecular weight excluding hydrogens is 488 g/mol. The van der Waals surface area contributed by atoms with Gasteiger partial charge in [0.1, 0.15) is 11.9 Å². The number of dihydropyridines is 1. The number of morpholine rings is 1. The SMILES string of the molecule is Cc1ccc(NC2CC(C#Cc3cnc4ccc(-c5ccc(C(=O)N6CCOCC6)cc5)nn34)=CC=N2)cc1. The van der Waals surface area contributed by atoms with Crippen molar-refractivity contribution in [2.24, 2.45) is 4.99 Å². The Balaban J connectivity index is 1.17. The van der Waals surface area contributed by atoms with Gasteiger partial charge in [-0.1, -0.05) is 35.7 Å². The average Bonchev–Trinajstić information content (AvgIpc) is 3.40. The predicted molar refractivity (Wildman–Crippen MR) is 152 cm³/mol. The third kappa shape index (κ3) is 5.59. The number of carbonyl (C=O) groups is 1.